The molecule has 0 unspecified atom stereocenters. The Morgan fingerprint density at radius 1 is 1.29 bits per heavy atom. The zero-order chi connectivity index (χ0) is 12.7. The summed E-state index contributed by atoms with van der Waals surface area (Å²) in [7, 11) is 0. The second-order valence-electron chi connectivity index (χ2n) is 3.35. The van der Waals surface area contributed by atoms with Crippen LogP contribution in [0.4, 0.5) is 5.69 Å². The summed E-state index contributed by atoms with van der Waals surface area (Å²) in [4.78, 5) is 0. The van der Waals surface area contributed by atoms with Crippen LogP contribution in [0.25, 0.3) is 0 Å². The van der Waals surface area contributed by atoms with Crippen molar-refractivity contribution >= 4 is 39.9 Å². The number of anilines is 1. The van der Waals surface area contributed by atoms with E-state index in [2.05, 4.69) is 27.9 Å². The van der Waals surface area contributed by atoms with Crippen LogP contribution in [0.2, 0.25) is 5.02 Å². The van der Waals surface area contributed by atoms with E-state index in [-0.39, 0.29) is 6.29 Å². The first-order valence-electron chi connectivity index (χ1n) is 5.59. The Labute approximate surface area is 121 Å². The number of nitrogens with one attached hydrogen (secondary N) is 1. The molecule has 1 rings (SSSR count). The minimum absolute atomic E-state index is 0.236. The standard InChI is InChI=1S/C12H17ClINO2/c1-3-16-12(17-4-2)8-15-11-6-5-9(14)7-10(11)13/h5-7,12,15H,3-4,8H2,1-2H3. The predicted octanol–water partition coefficient (Wildman–Crippen LogP) is 3.76. The topological polar surface area (TPSA) is 30.5 Å². The van der Waals surface area contributed by atoms with Gasteiger partial charge in [-0.3, -0.25) is 0 Å². The average molecular weight is 370 g/mol. The largest absolute Gasteiger partial charge is 0.379 e. The zero-order valence-electron chi connectivity index (χ0n) is 10.0. The van der Waals surface area contributed by atoms with Crippen molar-refractivity contribution in [3.8, 4) is 0 Å². The molecular formula is C12H17ClINO2. The van der Waals surface area contributed by atoms with Gasteiger partial charge in [0.2, 0.25) is 0 Å². The molecule has 96 valence electrons. The molecule has 0 fully saturated rings. The molecule has 0 aliphatic heterocycles. The summed E-state index contributed by atoms with van der Waals surface area (Å²) in [6.07, 6.45) is -0.236. The van der Waals surface area contributed by atoms with Crippen LogP contribution in [0.5, 0.6) is 0 Å². The Balaban J connectivity index is 2.52. The third-order valence-corrected chi connectivity index (χ3v) is 3.08. The number of halogens is 2. The molecular weight excluding hydrogens is 352 g/mol. The molecule has 0 amide bonds. The van der Waals surface area contributed by atoms with Gasteiger partial charge in [-0.15, -0.1) is 0 Å². The highest BCUT2D eigenvalue weighted by Crippen LogP contribution is 2.23. The summed E-state index contributed by atoms with van der Waals surface area (Å²) < 4.78 is 12.0. The quantitative estimate of drug-likeness (QED) is 0.586. The maximum atomic E-state index is 6.12. The van der Waals surface area contributed by atoms with Gasteiger partial charge in [-0.05, 0) is 54.6 Å². The molecule has 0 saturated carbocycles. The molecule has 1 N–H and O–H groups in total. The van der Waals surface area contributed by atoms with E-state index in [1.165, 1.54) is 0 Å². The van der Waals surface area contributed by atoms with Crippen LogP contribution in [-0.4, -0.2) is 26.0 Å². The predicted molar refractivity (Wildman–Crippen MR) is 79.7 cm³/mol. The van der Waals surface area contributed by atoms with Gasteiger partial charge in [0.05, 0.1) is 17.3 Å². The molecule has 3 nitrogen and oxygen atoms in total. The molecule has 0 atom stereocenters. The number of rotatable bonds is 7. The maximum Gasteiger partial charge on any atom is 0.174 e. The highest BCUT2D eigenvalue weighted by molar-refractivity contribution is 14.1. The van der Waals surface area contributed by atoms with Crippen molar-refractivity contribution in [2.24, 2.45) is 0 Å². The third-order valence-electron chi connectivity index (χ3n) is 2.10. The lowest BCUT2D eigenvalue weighted by Gasteiger charge is -2.18. The summed E-state index contributed by atoms with van der Waals surface area (Å²) in [6.45, 7) is 5.75. The molecule has 0 spiro atoms. The van der Waals surface area contributed by atoms with Crippen LogP contribution in [-0.2, 0) is 9.47 Å². The molecule has 0 aromatic heterocycles. The average Bonchev–Trinajstić information content (AvgIpc) is 2.28. The number of ether oxygens (including phenoxy) is 2. The Morgan fingerprint density at radius 2 is 1.94 bits per heavy atom. The van der Waals surface area contributed by atoms with E-state index in [0.29, 0.717) is 24.8 Å². The molecule has 0 saturated heterocycles. The molecule has 5 heteroatoms. The van der Waals surface area contributed by atoms with E-state index < -0.39 is 0 Å². The van der Waals surface area contributed by atoms with Crippen LogP contribution >= 0.6 is 34.2 Å². The summed E-state index contributed by atoms with van der Waals surface area (Å²) in [6, 6.07) is 5.88. The normalized spacial score (nSPS) is 10.9. The van der Waals surface area contributed by atoms with E-state index in [0.717, 1.165) is 9.26 Å². The third kappa shape index (κ3) is 5.42. The van der Waals surface area contributed by atoms with Crippen molar-refractivity contribution in [2.45, 2.75) is 20.1 Å². The maximum absolute atomic E-state index is 6.12. The molecule has 0 heterocycles. The molecule has 0 aliphatic carbocycles. The first-order valence-corrected chi connectivity index (χ1v) is 7.05. The summed E-state index contributed by atoms with van der Waals surface area (Å²) >= 11 is 8.35. The fraction of sp³-hybridized carbons (Fsp3) is 0.500. The van der Waals surface area contributed by atoms with E-state index in [9.17, 15) is 0 Å². The first kappa shape index (κ1) is 15.0. The van der Waals surface area contributed by atoms with Gasteiger partial charge in [0.15, 0.2) is 6.29 Å². The van der Waals surface area contributed by atoms with Gasteiger partial charge in [-0.1, -0.05) is 11.6 Å². The molecule has 17 heavy (non-hydrogen) atoms. The van der Waals surface area contributed by atoms with Gasteiger partial charge in [-0.25, -0.2) is 0 Å². The Hall–Kier alpha value is -0.0400. The lowest BCUT2D eigenvalue weighted by atomic mass is 10.3. The fourth-order valence-corrected chi connectivity index (χ4v) is 2.29. The van der Waals surface area contributed by atoms with Crippen LogP contribution in [0.15, 0.2) is 18.2 Å². The van der Waals surface area contributed by atoms with Crippen LogP contribution in [0, 0.1) is 3.57 Å². The second kappa shape index (κ2) is 8.13. The van der Waals surface area contributed by atoms with Gasteiger partial charge in [0, 0.05) is 16.8 Å². The van der Waals surface area contributed by atoms with Crippen molar-refractivity contribution in [3.05, 3.63) is 26.8 Å². The van der Waals surface area contributed by atoms with E-state index in [1.807, 2.05) is 32.0 Å². The molecule has 0 bridgehead atoms. The SMILES string of the molecule is CCOC(CNc1ccc(I)cc1Cl)OCC. The van der Waals surface area contributed by atoms with Gasteiger partial charge in [0.1, 0.15) is 0 Å². The lowest BCUT2D eigenvalue weighted by molar-refractivity contribution is -0.126. The molecule has 0 aliphatic rings. The van der Waals surface area contributed by atoms with Gasteiger partial charge >= 0.3 is 0 Å². The highest BCUT2D eigenvalue weighted by Gasteiger charge is 2.08. The Bertz CT molecular complexity index is 343. The smallest absolute Gasteiger partial charge is 0.174 e. The molecule has 1 aromatic carbocycles. The Morgan fingerprint density at radius 3 is 2.47 bits per heavy atom. The van der Waals surface area contributed by atoms with Gasteiger partial charge in [0.25, 0.3) is 0 Å². The van der Waals surface area contributed by atoms with Crippen LogP contribution in [0.3, 0.4) is 0 Å². The van der Waals surface area contributed by atoms with Crippen molar-refractivity contribution in [3.63, 3.8) is 0 Å². The van der Waals surface area contributed by atoms with Crippen molar-refractivity contribution in [1.29, 1.82) is 0 Å². The van der Waals surface area contributed by atoms with E-state index >= 15 is 0 Å². The number of hydrogen-bond donors (Lipinski definition) is 1. The van der Waals surface area contributed by atoms with Gasteiger partial charge < -0.3 is 14.8 Å². The highest BCUT2D eigenvalue weighted by atomic mass is 127. The van der Waals surface area contributed by atoms with Crippen molar-refractivity contribution in [1.82, 2.24) is 0 Å². The fourth-order valence-electron chi connectivity index (χ4n) is 1.36. The van der Waals surface area contributed by atoms with Crippen LogP contribution < -0.4 is 5.32 Å². The van der Waals surface area contributed by atoms with E-state index in [4.69, 9.17) is 21.1 Å². The molecule has 0 radical (unpaired) electrons. The van der Waals surface area contributed by atoms with Crippen molar-refractivity contribution < 1.29 is 9.47 Å². The number of benzene rings is 1. The molecule has 1 aromatic rings. The Kier molecular flexibility index (Phi) is 7.18. The minimum Gasteiger partial charge on any atom is -0.379 e. The lowest BCUT2D eigenvalue weighted by Crippen LogP contribution is -2.26. The summed E-state index contributed by atoms with van der Waals surface area (Å²) in [5.74, 6) is 0. The van der Waals surface area contributed by atoms with Gasteiger partial charge in [-0.2, -0.15) is 0 Å². The zero-order valence-corrected chi connectivity index (χ0v) is 12.9. The second-order valence-corrected chi connectivity index (χ2v) is 5.00. The number of hydrogen-bond acceptors (Lipinski definition) is 3. The van der Waals surface area contributed by atoms with Crippen LogP contribution in [0.1, 0.15) is 13.8 Å². The minimum atomic E-state index is -0.236. The first-order chi connectivity index (χ1) is 8.17. The summed E-state index contributed by atoms with van der Waals surface area (Å²) in [5, 5.41) is 3.94. The monoisotopic (exact) mass is 369 g/mol. The van der Waals surface area contributed by atoms with Crippen molar-refractivity contribution in [2.75, 3.05) is 25.1 Å². The summed E-state index contributed by atoms with van der Waals surface area (Å²) in [5.41, 5.74) is 0.900. The van der Waals surface area contributed by atoms with E-state index in [1.54, 1.807) is 0 Å².